The molecule has 0 radical (unpaired) electrons. The van der Waals surface area contributed by atoms with Crippen LogP contribution in [0.25, 0.3) is 0 Å². The second-order valence-electron chi connectivity index (χ2n) is 6.12. The average molecular weight is 291 g/mol. The third-order valence-electron chi connectivity index (χ3n) is 1.65. The number of alkyl carbamates (subject to hydrolysis) is 1. The standard InChI is InChI=1S/C12H25NO3SSi/c1-12(2,3)15-11(14)13-9-7-8-10(17)16-18(4,5)6/h7-9H2,1-6H3,(H,13,14). The molecule has 0 fully saturated rings. The number of amides is 1. The monoisotopic (exact) mass is 291 g/mol. The molecular formula is C12H25NO3SSi. The minimum atomic E-state index is -1.59. The van der Waals surface area contributed by atoms with Crippen molar-refractivity contribution in [1.82, 2.24) is 5.32 Å². The summed E-state index contributed by atoms with van der Waals surface area (Å²) < 4.78 is 10.8. The summed E-state index contributed by atoms with van der Waals surface area (Å²) in [6.07, 6.45) is 1.07. The quantitative estimate of drug-likeness (QED) is 0.479. The van der Waals surface area contributed by atoms with Gasteiger partial charge in [-0.15, -0.1) is 0 Å². The van der Waals surface area contributed by atoms with Crippen LogP contribution in [0.3, 0.4) is 0 Å². The zero-order chi connectivity index (χ0) is 14.4. The van der Waals surface area contributed by atoms with Gasteiger partial charge in [0.05, 0.1) is 0 Å². The predicted molar refractivity (Wildman–Crippen MR) is 80.5 cm³/mol. The molecule has 0 saturated carbocycles. The first-order chi connectivity index (χ1) is 7.99. The summed E-state index contributed by atoms with van der Waals surface area (Å²) in [6, 6.07) is 0. The van der Waals surface area contributed by atoms with Gasteiger partial charge >= 0.3 is 6.09 Å². The number of thiocarbonyl (C=S) groups is 1. The Morgan fingerprint density at radius 3 is 2.28 bits per heavy atom. The fraction of sp³-hybridized carbons (Fsp3) is 0.833. The lowest BCUT2D eigenvalue weighted by Gasteiger charge is -2.20. The molecule has 0 bridgehead atoms. The Bertz CT molecular complexity index is 265. The molecule has 0 aromatic carbocycles. The Morgan fingerprint density at radius 1 is 1.28 bits per heavy atom. The van der Waals surface area contributed by atoms with Gasteiger partial charge in [0.25, 0.3) is 0 Å². The van der Waals surface area contributed by atoms with Crippen molar-refractivity contribution in [2.75, 3.05) is 6.54 Å². The van der Waals surface area contributed by atoms with Gasteiger partial charge in [-0.05, 0) is 59.1 Å². The number of nitrogens with one attached hydrogen (secondary N) is 1. The molecule has 0 aliphatic carbocycles. The lowest BCUT2D eigenvalue weighted by molar-refractivity contribution is 0.0527. The van der Waals surface area contributed by atoms with E-state index in [4.69, 9.17) is 21.4 Å². The van der Waals surface area contributed by atoms with E-state index in [1.807, 2.05) is 20.8 Å². The maximum atomic E-state index is 11.3. The van der Waals surface area contributed by atoms with Crippen LogP contribution in [0.5, 0.6) is 0 Å². The first-order valence-electron chi connectivity index (χ1n) is 6.18. The molecule has 0 atom stereocenters. The number of rotatable bonds is 5. The van der Waals surface area contributed by atoms with E-state index < -0.39 is 13.9 Å². The summed E-state index contributed by atoms with van der Waals surface area (Å²) in [5.41, 5.74) is -0.458. The van der Waals surface area contributed by atoms with Crippen molar-refractivity contribution in [2.45, 2.75) is 58.9 Å². The fourth-order valence-corrected chi connectivity index (χ4v) is 2.81. The molecule has 0 aromatic heterocycles. The SMILES string of the molecule is CC(C)(C)OC(=O)NCCCC(=S)O[Si](C)(C)C. The number of ether oxygens (including phenoxy) is 1. The van der Waals surface area contributed by atoms with Crippen molar-refractivity contribution < 1.29 is 14.0 Å². The molecule has 0 heterocycles. The van der Waals surface area contributed by atoms with Crippen LogP contribution in [-0.4, -0.2) is 31.6 Å². The van der Waals surface area contributed by atoms with E-state index in [-0.39, 0.29) is 6.09 Å². The van der Waals surface area contributed by atoms with Crippen molar-refractivity contribution in [3.05, 3.63) is 0 Å². The molecule has 0 aromatic rings. The molecule has 106 valence electrons. The number of carbonyl (C=O) groups excluding carboxylic acids is 1. The molecule has 0 spiro atoms. The fourth-order valence-electron chi connectivity index (χ4n) is 1.13. The minimum absolute atomic E-state index is 0.389. The Morgan fingerprint density at radius 2 is 1.83 bits per heavy atom. The lowest BCUT2D eigenvalue weighted by atomic mass is 10.2. The molecule has 0 aliphatic heterocycles. The van der Waals surface area contributed by atoms with Crippen molar-refractivity contribution in [3.63, 3.8) is 0 Å². The van der Waals surface area contributed by atoms with Gasteiger partial charge < -0.3 is 14.5 Å². The smallest absolute Gasteiger partial charge is 0.407 e. The molecule has 0 aliphatic rings. The highest BCUT2D eigenvalue weighted by Crippen LogP contribution is 2.08. The summed E-state index contributed by atoms with van der Waals surface area (Å²) in [7, 11) is -1.59. The van der Waals surface area contributed by atoms with E-state index in [1.165, 1.54) is 0 Å². The summed E-state index contributed by atoms with van der Waals surface area (Å²) in [6.45, 7) is 12.3. The second kappa shape index (κ2) is 7.09. The van der Waals surface area contributed by atoms with Crippen LogP contribution in [0.15, 0.2) is 0 Å². The molecule has 0 unspecified atom stereocenters. The Hall–Kier alpha value is -0.623. The molecular weight excluding hydrogens is 266 g/mol. The first kappa shape index (κ1) is 17.4. The summed E-state index contributed by atoms with van der Waals surface area (Å²) in [5.74, 6) is 0. The Labute approximate surface area is 117 Å². The maximum absolute atomic E-state index is 11.3. The molecule has 1 amide bonds. The van der Waals surface area contributed by atoms with Gasteiger partial charge in [-0.2, -0.15) is 0 Å². The first-order valence-corrected chi connectivity index (χ1v) is 10.00. The number of carbonyl (C=O) groups is 1. The molecule has 18 heavy (non-hydrogen) atoms. The van der Waals surface area contributed by atoms with Gasteiger partial charge in [-0.1, -0.05) is 0 Å². The highest BCUT2D eigenvalue weighted by atomic mass is 32.1. The van der Waals surface area contributed by atoms with Crippen molar-refractivity contribution >= 4 is 31.7 Å². The van der Waals surface area contributed by atoms with Crippen LogP contribution in [-0.2, 0) is 9.16 Å². The zero-order valence-electron chi connectivity index (χ0n) is 12.3. The van der Waals surface area contributed by atoms with Gasteiger partial charge in [0, 0.05) is 13.0 Å². The Balaban J connectivity index is 3.69. The summed E-state index contributed by atoms with van der Waals surface area (Å²) >= 11 is 5.14. The van der Waals surface area contributed by atoms with Crippen LogP contribution in [0.2, 0.25) is 19.6 Å². The van der Waals surface area contributed by atoms with Crippen LogP contribution in [0, 0.1) is 0 Å². The number of hydrogen-bond donors (Lipinski definition) is 1. The predicted octanol–water partition coefficient (Wildman–Crippen LogP) is 3.47. The van der Waals surface area contributed by atoms with E-state index in [2.05, 4.69) is 25.0 Å². The van der Waals surface area contributed by atoms with Crippen molar-refractivity contribution in [1.29, 1.82) is 0 Å². The molecule has 0 rings (SSSR count). The highest BCUT2D eigenvalue weighted by Gasteiger charge is 2.18. The topological polar surface area (TPSA) is 47.6 Å². The zero-order valence-corrected chi connectivity index (χ0v) is 14.1. The van der Waals surface area contributed by atoms with E-state index in [1.54, 1.807) is 0 Å². The normalized spacial score (nSPS) is 11.9. The van der Waals surface area contributed by atoms with E-state index >= 15 is 0 Å². The largest absolute Gasteiger partial charge is 0.540 e. The van der Waals surface area contributed by atoms with Gasteiger partial charge in [0.2, 0.25) is 8.32 Å². The summed E-state index contributed by atoms with van der Waals surface area (Å²) in [4.78, 5) is 11.3. The lowest BCUT2D eigenvalue weighted by Crippen LogP contribution is -2.33. The molecule has 0 saturated heterocycles. The summed E-state index contributed by atoms with van der Waals surface area (Å²) in [5, 5.41) is 3.33. The molecule has 6 heteroatoms. The van der Waals surface area contributed by atoms with Gasteiger partial charge in [-0.3, -0.25) is 0 Å². The molecule has 1 N–H and O–H groups in total. The van der Waals surface area contributed by atoms with Crippen molar-refractivity contribution in [3.8, 4) is 0 Å². The third-order valence-corrected chi connectivity index (χ3v) is 2.94. The van der Waals surface area contributed by atoms with Gasteiger partial charge in [0.15, 0.2) is 0 Å². The van der Waals surface area contributed by atoms with E-state index in [9.17, 15) is 4.79 Å². The van der Waals surface area contributed by atoms with Crippen LogP contribution in [0.1, 0.15) is 33.6 Å². The number of hydrogen-bond acceptors (Lipinski definition) is 4. The minimum Gasteiger partial charge on any atom is -0.540 e. The van der Waals surface area contributed by atoms with Crippen LogP contribution >= 0.6 is 12.2 Å². The van der Waals surface area contributed by atoms with E-state index in [0.29, 0.717) is 18.0 Å². The van der Waals surface area contributed by atoms with Gasteiger partial charge in [0.1, 0.15) is 10.7 Å². The van der Waals surface area contributed by atoms with Crippen LogP contribution < -0.4 is 5.32 Å². The second-order valence-corrected chi connectivity index (χ2v) is 11.0. The molecule has 4 nitrogen and oxygen atoms in total. The van der Waals surface area contributed by atoms with Crippen LogP contribution in [0.4, 0.5) is 4.79 Å². The van der Waals surface area contributed by atoms with E-state index in [0.717, 1.165) is 6.42 Å². The Kier molecular flexibility index (Phi) is 6.84. The highest BCUT2D eigenvalue weighted by molar-refractivity contribution is 7.80. The maximum Gasteiger partial charge on any atom is 0.407 e. The van der Waals surface area contributed by atoms with Crippen molar-refractivity contribution in [2.24, 2.45) is 0 Å². The van der Waals surface area contributed by atoms with Gasteiger partial charge in [-0.25, -0.2) is 4.79 Å². The third kappa shape index (κ3) is 11.9. The average Bonchev–Trinajstić information content (AvgIpc) is 2.06.